The fourth-order valence-corrected chi connectivity index (χ4v) is 5.20. The minimum atomic E-state index is -4.63. The number of piperidine rings is 1. The summed E-state index contributed by atoms with van der Waals surface area (Å²) in [6, 6.07) is 4.66. The van der Waals surface area contributed by atoms with E-state index in [4.69, 9.17) is 4.74 Å². The summed E-state index contributed by atoms with van der Waals surface area (Å²) in [5, 5.41) is 0. The van der Waals surface area contributed by atoms with E-state index in [0.717, 1.165) is 37.3 Å². The molecule has 1 saturated heterocycles. The Morgan fingerprint density at radius 2 is 1.74 bits per heavy atom. The number of likely N-dealkylation sites (tertiary alicyclic amines) is 1. The van der Waals surface area contributed by atoms with Gasteiger partial charge in [-0.3, -0.25) is 9.69 Å². The van der Waals surface area contributed by atoms with Crippen LogP contribution in [0.1, 0.15) is 71.6 Å². The summed E-state index contributed by atoms with van der Waals surface area (Å²) in [6.45, 7) is 3.18. The van der Waals surface area contributed by atoms with E-state index in [1.54, 1.807) is 11.6 Å². The highest BCUT2D eigenvalue weighted by Crippen LogP contribution is 2.45. The van der Waals surface area contributed by atoms with Gasteiger partial charge >= 0.3 is 6.18 Å². The molecule has 0 spiro atoms. The number of sulfonamides is 1. The Bertz CT molecular complexity index is 1300. The molecule has 38 heavy (non-hydrogen) atoms. The Labute approximate surface area is 218 Å². The molecule has 6 nitrogen and oxygen atoms in total. The summed E-state index contributed by atoms with van der Waals surface area (Å²) in [4.78, 5) is 14.2. The van der Waals surface area contributed by atoms with Gasteiger partial charge in [-0.05, 0) is 92.9 Å². The van der Waals surface area contributed by atoms with E-state index in [0.29, 0.717) is 43.3 Å². The van der Waals surface area contributed by atoms with Crippen molar-refractivity contribution in [1.82, 2.24) is 9.62 Å². The van der Waals surface area contributed by atoms with Crippen LogP contribution in [0.25, 0.3) is 0 Å². The molecule has 12 heteroatoms. The molecule has 0 aromatic heterocycles. The van der Waals surface area contributed by atoms with Crippen LogP contribution in [0.3, 0.4) is 0 Å². The number of nitrogens with zero attached hydrogens (tertiary/aromatic N) is 1. The second-order valence-electron chi connectivity index (χ2n) is 10.1. The van der Waals surface area contributed by atoms with Crippen molar-refractivity contribution in [2.24, 2.45) is 5.92 Å². The number of benzene rings is 2. The van der Waals surface area contributed by atoms with Gasteiger partial charge in [-0.2, -0.15) is 13.2 Å². The molecule has 2 fully saturated rings. The van der Waals surface area contributed by atoms with Gasteiger partial charge < -0.3 is 4.74 Å². The third-order valence-electron chi connectivity index (χ3n) is 7.04. The number of carbonyl (C=O) groups is 1. The first-order valence-corrected chi connectivity index (χ1v) is 14.2. The molecule has 208 valence electrons. The van der Waals surface area contributed by atoms with Crippen LogP contribution >= 0.6 is 0 Å². The van der Waals surface area contributed by atoms with Gasteiger partial charge in [-0.15, -0.1) is 0 Å². The van der Waals surface area contributed by atoms with E-state index in [-0.39, 0.29) is 29.6 Å². The minimum Gasteiger partial charge on any atom is -0.493 e. The zero-order valence-corrected chi connectivity index (χ0v) is 21.8. The van der Waals surface area contributed by atoms with Gasteiger partial charge in [0.1, 0.15) is 17.4 Å². The molecule has 1 N–H and O–H groups in total. The number of rotatable bonds is 8. The zero-order chi connectivity index (χ0) is 27.8. The first-order chi connectivity index (χ1) is 17.7. The van der Waals surface area contributed by atoms with Crippen LogP contribution in [0, 0.1) is 17.6 Å². The minimum absolute atomic E-state index is 0.103. The maximum atomic E-state index is 14.7. The summed E-state index contributed by atoms with van der Waals surface area (Å²) >= 11 is 0. The fourth-order valence-electron chi connectivity index (χ4n) is 4.75. The van der Waals surface area contributed by atoms with E-state index in [2.05, 4.69) is 0 Å². The first-order valence-electron chi connectivity index (χ1n) is 12.3. The van der Waals surface area contributed by atoms with E-state index in [1.165, 1.54) is 6.07 Å². The molecular weight excluding hydrogens is 531 g/mol. The van der Waals surface area contributed by atoms with Gasteiger partial charge in [0.05, 0.1) is 24.0 Å². The number of hydrogen-bond donors (Lipinski definition) is 1. The highest BCUT2D eigenvalue weighted by atomic mass is 32.2. The van der Waals surface area contributed by atoms with Crippen LogP contribution in [0.5, 0.6) is 5.75 Å². The average Bonchev–Trinajstić information content (AvgIpc) is 3.66. The van der Waals surface area contributed by atoms with Crippen LogP contribution in [0.4, 0.5) is 22.0 Å². The Hall–Kier alpha value is -2.73. The van der Waals surface area contributed by atoms with Crippen molar-refractivity contribution in [3.05, 3.63) is 64.2 Å². The fraction of sp³-hybridized carbons (Fsp3) is 0.500. The molecule has 1 atom stereocenters. The highest BCUT2D eigenvalue weighted by molar-refractivity contribution is 7.89. The Morgan fingerprint density at radius 3 is 2.32 bits per heavy atom. The Morgan fingerprint density at radius 1 is 1.08 bits per heavy atom. The van der Waals surface area contributed by atoms with E-state index >= 15 is 0 Å². The number of nitrogens with one attached hydrogen (secondary N) is 1. The summed E-state index contributed by atoms with van der Waals surface area (Å²) in [6.07, 6.45) is -0.756. The van der Waals surface area contributed by atoms with Gasteiger partial charge in [0.2, 0.25) is 10.0 Å². The van der Waals surface area contributed by atoms with Gasteiger partial charge in [-0.25, -0.2) is 21.9 Å². The number of hydrogen-bond acceptors (Lipinski definition) is 5. The van der Waals surface area contributed by atoms with Gasteiger partial charge in [0.25, 0.3) is 5.91 Å². The predicted molar refractivity (Wildman–Crippen MR) is 130 cm³/mol. The number of amides is 1. The maximum Gasteiger partial charge on any atom is 0.416 e. The van der Waals surface area contributed by atoms with Crippen molar-refractivity contribution in [2.45, 2.75) is 50.7 Å². The van der Waals surface area contributed by atoms with Crippen molar-refractivity contribution < 1.29 is 39.9 Å². The van der Waals surface area contributed by atoms with Crippen molar-refractivity contribution in [1.29, 1.82) is 0 Å². The molecule has 1 amide bonds. The number of alkyl halides is 3. The number of ether oxygens (including phenoxy) is 1. The molecule has 2 aliphatic rings. The van der Waals surface area contributed by atoms with Crippen LogP contribution in [0.2, 0.25) is 0 Å². The van der Waals surface area contributed by atoms with Crippen molar-refractivity contribution in [3.63, 3.8) is 0 Å². The molecule has 2 aromatic carbocycles. The zero-order valence-electron chi connectivity index (χ0n) is 20.9. The third kappa shape index (κ3) is 7.02. The van der Waals surface area contributed by atoms with Crippen molar-refractivity contribution in [3.8, 4) is 5.75 Å². The normalized spacial score (nSPS) is 18.3. The largest absolute Gasteiger partial charge is 0.493 e. The quantitative estimate of drug-likeness (QED) is 0.438. The van der Waals surface area contributed by atoms with Gasteiger partial charge in [0, 0.05) is 12.1 Å². The predicted octanol–water partition coefficient (Wildman–Crippen LogP) is 5.40. The maximum absolute atomic E-state index is 14.7. The second kappa shape index (κ2) is 10.8. The monoisotopic (exact) mass is 560 g/mol. The van der Waals surface area contributed by atoms with Crippen LogP contribution in [-0.2, 0) is 16.2 Å². The van der Waals surface area contributed by atoms with Crippen LogP contribution < -0.4 is 9.46 Å². The van der Waals surface area contributed by atoms with Crippen molar-refractivity contribution in [2.75, 3.05) is 26.0 Å². The van der Waals surface area contributed by atoms with Gasteiger partial charge in [-0.1, -0.05) is 0 Å². The average molecular weight is 561 g/mol. The van der Waals surface area contributed by atoms with Crippen molar-refractivity contribution >= 4 is 15.9 Å². The Kier molecular flexibility index (Phi) is 8.04. The number of halogens is 5. The molecule has 0 unspecified atom stereocenters. The van der Waals surface area contributed by atoms with E-state index < -0.39 is 45.3 Å². The third-order valence-corrected chi connectivity index (χ3v) is 7.60. The topological polar surface area (TPSA) is 75.7 Å². The van der Waals surface area contributed by atoms with E-state index in [9.17, 15) is 35.2 Å². The number of carbonyl (C=O) groups excluding carboxylic acids is 1. The van der Waals surface area contributed by atoms with E-state index in [1.807, 2.05) is 4.90 Å². The summed E-state index contributed by atoms with van der Waals surface area (Å²) in [5.74, 6) is -2.33. The molecule has 1 aliphatic carbocycles. The lowest BCUT2D eigenvalue weighted by Crippen LogP contribution is -2.37. The molecule has 4 rings (SSSR count). The van der Waals surface area contributed by atoms with Crippen LogP contribution in [-0.4, -0.2) is 45.2 Å². The van der Waals surface area contributed by atoms with Gasteiger partial charge in [0.15, 0.2) is 0 Å². The molecule has 1 heterocycles. The SMILES string of the molecule is C[C@H](c1cc(F)cc(C(F)(F)F)c1)N1CCC(COc2cc(F)c(C(=O)NS(C)(=O)=O)cc2C2CC2)CC1. The molecular formula is C26H29F5N2O4S. The summed E-state index contributed by atoms with van der Waals surface area (Å²) in [5.41, 5.74) is -0.460. The lowest BCUT2D eigenvalue weighted by Gasteiger charge is -2.36. The lowest BCUT2D eigenvalue weighted by molar-refractivity contribution is -0.137. The second-order valence-corrected chi connectivity index (χ2v) is 11.8. The highest BCUT2D eigenvalue weighted by Gasteiger charge is 2.33. The molecule has 0 radical (unpaired) electrons. The Balaban J connectivity index is 1.38. The molecule has 1 aliphatic heterocycles. The summed E-state index contributed by atoms with van der Waals surface area (Å²) < 4.78 is 98.3. The standard InChI is InChI=1S/C26H29F5N2O4S/c1-15(18-9-19(26(29,30)31)11-20(27)10-18)33-7-5-16(6-8-33)14-37-24-13-23(28)22(12-21(24)17-3-4-17)25(34)32-38(2,35)36/h9-13,15-17H,3-8,14H2,1-2H3,(H,32,34)/t15-/m1/s1. The molecule has 1 saturated carbocycles. The molecule has 2 aromatic rings. The smallest absolute Gasteiger partial charge is 0.416 e. The lowest BCUT2D eigenvalue weighted by atomic mass is 9.94. The first kappa shape index (κ1) is 28.3. The summed E-state index contributed by atoms with van der Waals surface area (Å²) in [7, 11) is -3.85. The van der Waals surface area contributed by atoms with Crippen LogP contribution in [0.15, 0.2) is 30.3 Å². The molecule has 0 bridgehead atoms.